The van der Waals surface area contributed by atoms with Crippen LogP contribution in [-0.4, -0.2) is 11.7 Å². The molecule has 0 spiro atoms. The van der Waals surface area contributed by atoms with E-state index in [4.69, 9.17) is 0 Å². The predicted octanol–water partition coefficient (Wildman–Crippen LogP) is 4.91. The van der Waals surface area contributed by atoms with Gasteiger partial charge in [-0.3, -0.25) is 0 Å². The smallest absolute Gasteiger partial charge is 0.129 e. The number of benzene rings is 2. The Hall–Kier alpha value is -2.36. The van der Waals surface area contributed by atoms with Gasteiger partial charge in [-0.25, -0.2) is 8.78 Å². The zero-order chi connectivity index (χ0) is 17.5. The molecule has 0 saturated heterocycles. The summed E-state index contributed by atoms with van der Waals surface area (Å²) in [7, 11) is 0. The molecular weight excluding hydrogens is 308 g/mol. The average Bonchev–Trinajstić information content (AvgIpc) is 2.78. The Morgan fingerprint density at radius 1 is 1.17 bits per heavy atom. The fourth-order valence-corrected chi connectivity index (χ4v) is 3.81. The molecule has 1 N–H and O–H groups in total. The number of nitrogens with zero attached hydrogens (tertiary/aromatic N) is 1. The lowest BCUT2D eigenvalue weighted by atomic mass is 9.76. The molecule has 0 saturated carbocycles. The Balaban J connectivity index is 2.15. The van der Waals surface area contributed by atoms with Crippen molar-refractivity contribution in [1.82, 2.24) is 0 Å². The molecule has 0 fully saturated rings. The minimum atomic E-state index is -0.577. The zero-order valence-electron chi connectivity index (χ0n) is 14.1. The standard InChI is InChI=1S/C20H21F2NO/c1-4-19-20(3,12-13-6-7-14(21)10-17(13)22)16-11-15(24)8-9-18(16)23(19)5-2/h4,6-11,24H,5,12H2,1-3H3/b19-4-. The number of phenols is 1. The first-order valence-corrected chi connectivity index (χ1v) is 8.12. The van der Waals surface area contributed by atoms with E-state index in [2.05, 4.69) is 11.8 Å². The van der Waals surface area contributed by atoms with E-state index < -0.39 is 17.0 Å². The molecule has 1 heterocycles. The van der Waals surface area contributed by atoms with E-state index in [0.29, 0.717) is 12.0 Å². The van der Waals surface area contributed by atoms with Crippen molar-refractivity contribution in [2.24, 2.45) is 0 Å². The number of hydrogen-bond acceptors (Lipinski definition) is 2. The molecule has 2 aromatic carbocycles. The fourth-order valence-electron chi connectivity index (χ4n) is 3.81. The van der Waals surface area contributed by atoms with E-state index in [1.807, 2.05) is 26.0 Å². The van der Waals surface area contributed by atoms with Gasteiger partial charge in [-0.2, -0.15) is 0 Å². The molecule has 4 heteroatoms. The van der Waals surface area contributed by atoms with E-state index in [-0.39, 0.29) is 5.75 Å². The Kier molecular flexibility index (Phi) is 4.08. The van der Waals surface area contributed by atoms with Crippen LogP contribution in [0.5, 0.6) is 5.75 Å². The van der Waals surface area contributed by atoms with Gasteiger partial charge in [-0.1, -0.05) is 12.1 Å². The summed E-state index contributed by atoms with van der Waals surface area (Å²) >= 11 is 0. The van der Waals surface area contributed by atoms with Crippen molar-refractivity contribution < 1.29 is 13.9 Å². The van der Waals surface area contributed by atoms with Crippen LogP contribution in [0.4, 0.5) is 14.5 Å². The first-order valence-electron chi connectivity index (χ1n) is 8.12. The van der Waals surface area contributed by atoms with Gasteiger partial charge in [0.05, 0.1) is 0 Å². The lowest BCUT2D eigenvalue weighted by Gasteiger charge is -2.30. The number of halogens is 2. The van der Waals surface area contributed by atoms with Crippen LogP contribution in [0.2, 0.25) is 0 Å². The molecular formula is C20H21F2NO. The maximum atomic E-state index is 14.2. The summed E-state index contributed by atoms with van der Waals surface area (Å²) in [5.74, 6) is -0.927. The van der Waals surface area contributed by atoms with E-state index >= 15 is 0 Å². The summed E-state index contributed by atoms with van der Waals surface area (Å²) in [5.41, 5.74) is 3.02. The van der Waals surface area contributed by atoms with E-state index in [0.717, 1.165) is 29.6 Å². The van der Waals surface area contributed by atoms with Crippen LogP contribution in [0.1, 0.15) is 31.9 Å². The quantitative estimate of drug-likeness (QED) is 0.864. The Morgan fingerprint density at radius 3 is 2.54 bits per heavy atom. The molecule has 126 valence electrons. The summed E-state index contributed by atoms with van der Waals surface area (Å²) < 4.78 is 27.4. The van der Waals surface area contributed by atoms with Crippen LogP contribution in [0.25, 0.3) is 0 Å². The van der Waals surface area contributed by atoms with Gasteiger partial charge in [0.2, 0.25) is 0 Å². The third-order valence-electron chi connectivity index (χ3n) is 4.87. The van der Waals surface area contributed by atoms with Gasteiger partial charge in [-0.05, 0) is 62.6 Å². The van der Waals surface area contributed by atoms with Gasteiger partial charge in [0, 0.05) is 29.4 Å². The maximum absolute atomic E-state index is 14.2. The average molecular weight is 329 g/mol. The molecule has 0 amide bonds. The summed E-state index contributed by atoms with van der Waals surface area (Å²) in [6, 6.07) is 9.01. The lowest BCUT2D eigenvalue weighted by Crippen LogP contribution is -2.30. The lowest BCUT2D eigenvalue weighted by molar-refractivity contribution is 0.471. The second-order valence-corrected chi connectivity index (χ2v) is 6.36. The van der Waals surface area contributed by atoms with E-state index in [1.165, 1.54) is 12.1 Å². The van der Waals surface area contributed by atoms with E-state index in [1.54, 1.807) is 12.1 Å². The molecule has 1 atom stereocenters. The number of rotatable bonds is 3. The van der Waals surface area contributed by atoms with Crippen molar-refractivity contribution in [3.05, 3.63) is 70.9 Å². The fraction of sp³-hybridized carbons (Fsp3) is 0.300. The van der Waals surface area contributed by atoms with Crippen molar-refractivity contribution >= 4 is 5.69 Å². The molecule has 2 aromatic rings. The normalized spacial score (nSPS) is 21.4. The van der Waals surface area contributed by atoms with Gasteiger partial charge >= 0.3 is 0 Å². The van der Waals surface area contributed by atoms with Gasteiger partial charge in [-0.15, -0.1) is 0 Å². The molecule has 0 aromatic heterocycles. The molecule has 24 heavy (non-hydrogen) atoms. The van der Waals surface area contributed by atoms with Crippen LogP contribution < -0.4 is 4.90 Å². The number of fused-ring (bicyclic) bond motifs is 1. The van der Waals surface area contributed by atoms with Gasteiger partial charge in [0.1, 0.15) is 17.4 Å². The van der Waals surface area contributed by atoms with Crippen molar-refractivity contribution in [1.29, 1.82) is 0 Å². The van der Waals surface area contributed by atoms with Gasteiger partial charge < -0.3 is 10.0 Å². The van der Waals surface area contributed by atoms with Gasteiger partial charge in [0.25, 0.3) is 0 Å². The Labute approximate surface area is 141 Å². The largest absolute Gasteiger partial charge is 0.508 e. The second-order valence-electron chi connectivity index (χ2n) is 6.36. The number of phenolic OH excluding ortho intramolecular Hbond substituents is 1. The van der Waals surface area contributed by atoms with Crippen LogP contribution in [0.15, 0.2) is 48.2 Å². The third-order valence-corrected chi connectivity index (χ3v) is 4.87. The van der Waals surface area contributed by atoms with Crippen molar-refractivity contribution in [2.45, 2.75) is 32.6 Å². The minimum absolute atomic E-state index is 0.188. The number of anilines is 1. The first-order chi connectivity index (χ1) is 11.4. The van der Waals surface area contributed by atoms with Crippen molar-refractivity contribution in [2.75, 3.05) is 11.4 Å². The highest BCUT2D eigenvalue weighted by molar-refractivity contribution is 5.72. The number of aromatic hydroxyl groups is 1. The van der Waals surface area contributed by atoms with Crippen LogP contribution in [0.3, 0.4) is 0 Å². The molecule has 1 unspecified atom stereocenters. The summed E-state index contributed by atoms with van der Waals surface area (Å²) in [5, 5.41) is 9.94. The van der Waals surface area contributed by atoms with Crippen molar-refractivity contribution in [3.63, 3.8) is 0 Å². The highest BCUT2D eigenvalue weighted by Crippen LogP contribution is 2.50. The molecule has 3 rings (SSSR count). The second kappa shape index (κ2) is 5.93. The molecule has 0 aliphatic carbocycles. The predicted molar refractivity (Wildman–Crippen MR) is 92.3 cm³/mol. The van der Waals surface area contributed by atoms with Crippen molar-refractivity contribution in [3.8, 4) is 5.75 Å². The Bertz CT molecular complexity index is 815. The molecule has 0 bridgehead atoms. The molecule has 1 aliphatic heterocycles. The summed E-state index contributed by atoms with van der Waals surface area (Å²) in [4.78, 5) is 2.18. The highest BCUT2D eigenvalue weighted by Gasteiger charge is 2.43. The SMILES string of the molecule is C/C=C1\N(CC)c2ccc(O)cc2C1(C)Cc1ccc(F)cc1F. The monoisotopic (exact) mass is 329 g/mol. The highest BCUT2D eigenvalue weighted by atomic mass is 19.1. The Morgan fingerprint density at radius 2 is 1.92 bits per heavy atom. The van der Waals surface area contributed by atoms with Crippen LogP contribution in [0, 0.1) is 11.6 Å². The molecule has 1 aliphatic rings. The number of allylic oxidation sites excluding steroid dienone is 2. The third kappa shape index (κ3) is 2.46. The summed E-state index contributed by atoms with van der Waals surface area (Å²) in [6.45, 7) is 6.84. The topological polar surface area (TPSA) is 23.5 Å². The molecule has 0 radical (unpaired) electrons. The zero-order valence-corrected chi connectivity index (χ0v) is 14.1. The maximum Gasteiger partial charge on any atom is 0.129 e. The number of likely N-dealkylation sites (N-methyl/N-ethyl adjacent to an activating group) is 1. The van der Waals surface area contributed by atoms with E-state index in [9.17, 15) is 13.9 Å². The number of hydrogen-bond donors (Lipinski definition) is 1. The van der Waals surface area contributed by atoms with Gasteiger partial charge in [0.15, 0.2) is 0 Å². The molecule has 2 nitrogen and oxygen atoms in total. The summed E-state index contributed by atoms with van der Waals surface area (Å²) in [6.07, 6.45) is 2.42. The van der Waals surface area contributed by atoms with Crippen LogP contribution in [-0.2, 0) is 11.8 Å². The minimum Gasteiger partial charge on any atom is -0.508 e. The van der Waals surface area contributed by atoms with Crippen LogP contribution >= 0.6 is 0 Å². The first kappa shape index (κ1) is 16.5.